The highest BCUT2D eigenvalue weighted by Gasteiger charge is 2.19. The van der Waals surface area contributed by atoms with Gasteiger partial charge in [-0.05, 0) is 19.1 Å². The first-order valence-corrected chi connectivity index (χ1v) is 5.09. The van der Waals surface area contributed by atoms with Crippen LogP contribution in [-0.2, 0) is 10.0 Å². The Hall–Kier alpha value is -1.43. The van der Waals surface area contributed by atoms with E-state index in [2.05, 4.69) is 5.29 Å². The Morgan fingerprint density at radius 3 is 2.36 bits per heavy atom. The van der Waals surface area contributed by atoms with Crippen LogP contribution in [0.3, 0.4) is 0 Å². The zero-order valence-electron chi connectivity index (χ0n) is 10.3. The van der Waals surface area contributed by atoms with Crippen molar-refractivity contribution in [1.29, 1.82) is 0 Å². The summed E-state index contributed by atoms with van der Waals surface area (Å²) in [5.41, 5.74) is 0.809. The molecule has 0 unspecified atom stereocenters. The van der Waals surface area contributed by atoms with E-state index in [1.807, 2.05) is 0 Å². The second-order valence-electron chi connectivity index (χ2n) is 2.64. The third kappa shape index (κ3) is 1.90. The fraction of sp³-hybridized carbons (Fsp3) is 0.250. The smallest absolute Gasteiger partial charge is 0.200 e. The summed E-state index contributed by atoms with van der Waals surface area (Å²) in [6.07, 6.45) is 0. The molecule has 76 valence electrons. The molecule has 0 aliphatic rings. The van der Waals surface area contributed by atoms with Gasteiger partial charge in [0.05, 0.1) is 10.2 Å². The van der Waals surface area contributed by atoms with Gasteiger partial charge in [0.1, 0.15) is 0 Å². The van der Waals surface area contributed by atoms with Gasteiger partial charge in [0.25, 0.3) is 10.0 Å². The van der Waals surface area contributed by atoms with E-state index in [0.29, 0.717) is 0 Å². The largest absolute Gasteiger partial charge is 0.281 e. The molecule has 0 aliphatic carbocycles. The molecule has 5 nitrogen and oxygen atoms in total. The van der Waals surface area contributed by atoms with E-state index in [0.717, 1.165) is 5.56 Å². The van der Waals surface area contributed by atoms with Gasteiger partial charge in [0.15, 0.2) is 0 Å². The van der Waals surface area contributed by atoms with Crippen molar-refractivity contribution >= 4 is 10.0 Å². The van der Waals surface area contributed by atoms with Crippen molar-refractivity contribution in [2.75, 3.05) is 6.98 Å². The summed E-state index contributed by atoms with van der Waals surface area (Å²) in [5, 5.41) is 2.06. The highest BCUT2D eigenvalue weighted by Crippen LogP contribution is 2.14. The average molecular weight is 217 g/mol. The zero-order valence-corrected chi connectivity index (χ0v) is 8.15. The van der Waals surface area contributed by atoms with Crippen LogP contribution in [0.25, 0.3) is 0 Å². The molecule has 1 aromatic rings. The summed E-state index contributed by atoms with van der Waals surface area (Å²) in [6, 6.07) is 5.42. The summed E-state index contributed by atoms with van der Waals surface area (Å²) in [7, 11) is -4.43. The minimum absolute atomic E-state index is 0.293. The number of nitrogens with zero attached hydrogens (tertiary/aromatic N) is 2. The van der Waals surface area contributed by atoms with Crippen LogP contribution in [0.1, 0.15) is 9.68 Å². The van der Waals surface area contributed by atoms with Crippen LogP contribution in [0.15, 0.2) is 34.4 Å². The normalized spacial score (nSPS) is 15.1. The Morgan fingerprint density at radius 2 is 1.93 bits per heavy atom. The van der Waals surface area contributed by atoms with Crippen LogP contribution in [0, 0.1) is 11.8 Å². The molecule has 14 heavy (non-hydrogen) atoms. The fourth-order valence-corrected chi connectivity index (χ4v) is 1.62. The number of hydrogen-bond acceptors (Lipinski definition) is 4. The first-order valence-electron chi connectivity index (χ1n) is 5.15. The van der Waals surface area contributed by atoms with Crippen LogP contribution >= 0.6 is 0 Å². The Morgan fingerprint density at radius 1 is 1.36 bits per heavy atom. The summed E-state index contributed by atoms with van der Waals surface area (Å²) in [5.74, 6) is 0. The van der Waals surface area contributed by atoms with E-state index in [1.165, 1.54) is 24.3 Å². The van der Waals surface area contributed by atoms with Crippen molar-refractivity contribution in [3.63, 3.8) is 0 Å². The highest BCUT2D eigenvalue weighted by atomic mass is 32.2. The number of nitroso groups, excluding NO2 is 1. The summed E-state index contributed by atoms with van der Waals surface area (Å²) >= 11 is 0. The van der Waals surface area contributed by atoms with Crippen LogP contribution in [0.5, 0.6) is 0 Å². The highest BCUT2D eigenvalue weighted by molar-refractivity contribution is 7.89. The Kier molecular flexibility index (Phi) is 1.86. The van der Waals surface area contributed by atoms with Gasteiger partial charge in [-0.15, -0.1) is 4.91 Å². The standard InChI is InChI=1S/C8H10N2O3S/c1-7-3-5-8(6-4-7)14(12,13)10(2)9-11/h3-6H,1-2H3/i2D3. The van der Waals surface area contributed by atoms with Gasteiger partial charge in [-0.2, -0.15) is 12.8 Å². The molecular weight excluding hydrogens is 204 g/mol. The fourth-order valence-electron chi connectivity index (χ4n) is 0.854. The summed E-state index contributed by atoms with van der Waals surface area (Å²) in [6.45, 7) is -1.39. The van der Waals surface area contributed by atoms with Crippen LogP contribution in [0.2, 0.25) is 0 Å². The lowest BCUT2D eigenvalue weighted by atomic mass is 10.2. The second-order valence-corrected chi connectivity index (χ2v) is 4.41. The predicted octanol–water partition coefficient (Wildman–Crippen LogP) is 1.30. The molecule has 0 atom stereocenters. The molecule has 0 bridgehead atoms. The maximum Gasteiger partial charge on any atom is 0.281 e. The molecule has 0 amide bonds. The van der Waals surface area contributed by atoms with Crippen molar-refractivity contribution < 1.29 is 12.5 Å². The molecule has 0 spiro atoms. The lowest BCUT2D eigenvalue weighted by molar-refractivity contribution is 0.486. The Labute approximate surface area is 86.6 Å². The summed E-state index contributed by atoms with van der Waals surface area (Å²) < 4.78 is 43.9. The molecule has 0 heterocycles. The lowest BCUT2D eigenvalue weighted by Crippen LogP contribution is -2.20. The minimum atomic E-state index is -4.43. The molecule has 6 heteroatoms. The Bertz CT molecular complexity index is 510. The maximum atomic E-state index is 11.8. The van der Waals surface area contributed by atoms with Crippen LogP contribution < -0.4 is 0 Å². The molecule has 0 fully saturated rings. The molecule has 0 aliphatic heterocycles. The van der Waals surface area contributed by atoms with Crippen molar-refractivity contribution in [3.05, 3.63) is 34.7 Å². The molecule has 0 radical (unpaired) electrons. The van der Waals surface area contributed by atoms with Gasteiger partial charge in [-0.3, -0.25) is 0 Å². The van der Waals surface area contributed by atoms with E-state index in [4.69, 9.17) is 4.11 Å². The quantitative estimate of drug-likeness (QED) is 0.566. The monoisotopic (exact) mass is 217 g/mol. The number of rotatable bonds is 3. The second kappa shape index (κ2) is 3.75. The van der Waals surface area contributed by atoms with E-state index >= 15 is 0 Å². The molecule has 0 saturated heterocycles. The van der Waals surface area contributed by atoms with Gasteiger partial charge >= 0.3 is 0 Å². The number of hydrogen-bond donors (Lipinski definition) is 0. The van der Waals surface area contributed by atoms with Gasteiger partial charge in [-0.1, -0.05) is 17.7 Å². The van der Waals surface area contributed by atoms with Gasteiger partial charge in [0.2, 0.25) is 0 Å². The summed E-state index contributed by atoms with van der Waals surface area (Å²) in [4.78, 5) is 10.1. The van der Waals surface area contributed by atoms with E-state index in [1.54, 1.807) is 6.92 Å². The molecule has 0 aromatic heterocycles. The molecule has 1 aromatic carbocycles. The van der Waals surface area contributed by atoms with E-state index in [-0.39, 0.29) is 4.90 Å². The number of benzene rings is 1. The molecule has 0 N–H and O–H groups in total. The average Bonchev–Trinajstić information content (AvgIpc) is 2.16. The topological polar surface area (TPSA) is 66.8 Å². The SMILES string of the molecule is [2H]C([2H])([2H])N(N=O)S(=O)(=O)c1ccc(C)cc1. The third-order valence-electron chi connectivity index (χ3n) is 1.62. The number of sulfonamides is 1. The molecule has 0 saturated carbocycles. The molecular formula is C8H10N2O3S. The van der Waals surface area contributed by atoms with Crippen molar-refractivity contribution in [2.24, 2.45) is 5.29 Å². The van der Waals surface area contributed by atoms with Crippen molar-refractivity contribution in [3.8, 4) is 0 Å². The van der Waals surface area contributed by atoms with Gasteiger partial charge in [-0.25, -0.2) is 0 Å². The first kappa shape index (κ1) is 6.94. The number of aryl methyl sites for hydroxylation is 1. The van der Waals surface area contributed by atoms with E-state index in [9.17, 15) is 13.3 Å². The predicted molar refractivity (Wildman–Crippen MR) is 51.9 cm³/mol. The Balaban J connectivity index is 3.27. The van der Waals surface area contributed by atoms with Gasteiger partial charge < -0.3 is 0 Å². The maximum absolute atomic E-state index is 11.8. The van der Waals surface area contributed by atoms with Crippen LogP contribution in [-0.4, -0.2) is 19.8 Å². The third-order valence-corrected chi connectivity index (χ3v) is 3.01. The van der Waals surface area contributed by atoms with E-state index < -0.39 is 21.4 Å². The van der Waals surface area contributed by atoms with Gasteiger partial charge in [0, 0.05) is 11.1 Å². The minimum Gasteiger partial charge on any atom is -0.200 e. The molecule has 1 rings (SSSR count). The van der Waals surface area contributed by atoms with Crippen molar-refractivity contribution in [2.45, 2.75) is 11.8 Å². The zero-order chi connectivity index (χ0) is 13.3. The van der Waals surface area contributed by atoms with Crippen molar-refractivity contribution in [1.82, 2.24) is 4.41 Å². The van der Waals surface area contributed by atoms with Crippen LogP contribution in [0.4, 0.5) is 0 Å². The lowest BCUT2D eigenvalue weighted by Gasteiger charge is -2.09. The first-order chi connectivity index (χ1) is 7.69.